The topological polar surface area (TPSA) is 171 Å². The molecule has 0 radical (unpaired) electrons. The SMILES string of the molecule is NC(C(=O)NNC(=O)[C@@H]1CC[C@@H]2CN1C(=O)N2OS(=O)(=O)O)c1ccccc1. The maximum atomic E-state index is 12.4. The molecular formula is C15H19N5O7S. The van der Waals surface area contributed by atoms with Gasteiger partial charge in [-0.25, -0.2) is 4.79 Å². The molecule has 5 N–H and O–H groups in total. The summed E-state index contributed by atoms with van der Waals surface area (Å²) in [4.78, 5) is 37.9. The first-order chi connectivity index (χ1) is 13.2. The van der Waals surface area contributed by atoms with E-state index in [1.165, 1.54) is 0 Å². The first-order valence-corrected chi connectivity index (χ1v) is 9.71. The Morgan fingerprint density at radius 1 is 1.21 bits per heavy atom. The number of nitrogens with one attached hydrogen (secondary N) is 2. The molecule has 2 aliphatic rings. The molecule has 0 aromatic heterocycles. The summed E-state index contributed by atoms with van der Waals surface area (Å²) in [5.74, 6) is -1.30. The lowest BCUT2D eigenvalue weighted by molar-refractivity contribution is -0.132. The number of hydrogen-bond donors (Lipinski definition) is 4. The lowest BCUT2D eigenvalue weighted by Gasteiger charge is -2.29. The molecule has 1 aromatic rings. The van der Waals surface area contributed by atoms with Crippen LogP contribution in [0.1, 0.15) is 24.4 Å². The number of hydrogen-bond acceptors (Lipinski definition) is 7. The highest BCUT2D eigenvalue weighted by molar-refractivity contribution is 7.80. The lowest BCUT2D eigenvalue weighted by Crippen LogP contribution is -2.55. The van der Waals surface area contributed by atoms with Crippen molar-refractivity contribution in [2.24, 2.45) is 5.73 Å². The number of hydrazine groups is 1. The standard InChI is InChI=1S/C15H19N5O7S/c16-12(9-4-2-1-3-5-9)14(22)18-17-13(21)11-7-6-10-8-19(11)15(23)20(10)27-28(24,25)26/h1-5,10-12H,6-8,16H2,(H,17,21)(H,18,22)(H,24,25,26)/t10-,11+,12?/m1/s1. The molecule has 2 bridgehead atoms. The van der Waals surface area contributed by atoms with Crippen molar-refractivity contribution in [2.45, 2.75) is 31.0 Å². The normalized spacial score (nSPS) is 22.7. The van der Waals surface area contributed by atoms with Crippen LogP contribution in [0.15, 0.2) is 30.3 Å². The molecule has 28 heavy (non-hydrogen) atoms. The number of nitrogens with zero attached hydrogens (tertiary/aromatic N) is 2. The predicted octanol–water partition coefficient (Wildman–Crippen LogP) is -1.16. The largest absolute Gasteiger partial charge is 0.418 e. The zero-order chi connectivity index (χ0) is 20.5. The van der Waals surface area contributed by atoms with E-state index >= 15 is 0 Å². The summed E-state index contributed by atoms with van der Waals surface area (Å²) in [6.45, 7) is 0.0456. The molecule has 2 heterocycles. The lowest BCUT2D eigenvalue weighted by atomic mass is 10.0. The van der Waals surface area contributed by atoms with Crippen LogP contribution in [-0.2, 0) is 24.3 Å². The molecule has 3 atom stereocenters. The molecule has 12 nitrogen and oxygen atoms in total. The zero-order valence-electron chi connectivity index (χ0n) is 14.5. The Balaban J connectivity index is 1.58. The number of amides is 4. The molecule has 0 saturated carbocycles. The van der Waals surface area contributed by atoms with Gasteiger partial charge in [-0.1, -0.05) is 30.3 Å². The first kappa shape index (κ1) is 20.0. The summed E-state index contributed by atoms with van der Waals surface area (Å²) in [6, 6.07) is 5.13. The van der Waals surface area contributed by atoms with Crippen LogP contribution in [0.5, 0.6) is 0 Å². The van der Waals surface area contributed by atoms with Crippen LogP contribution in [0, 0.1) is 0 Å². The van der Waals surface area contributed by atoms with Gasteiger partial charge in [0.2, 0.25) is 0 Å². The third kappa shape index (κ3) is 4.22. The summed E-state index contributed by atoms with van der Waals surface area (Å²) in [7, 11) is -4.87. The maximum absolute atomic E-state index is 12.4. The van der Waals surface area contributed by atoms with Crippen molar-refractivity contribution in [2.75, 3.05) is 6.54 Å². The molecule has 0 spiro atoms. The van der Waals surface area contributed by atoms with Crippen molar-refractivity contribution in [3.05, 3.63) is 35.9 Å². The Morgan fingerprint density at radius 3 is 2.54 bits per heavy atom. The minimum absolute atomic E-state index is 0.0456. The van der Waals surface area contributed by atoms with Gasteiger partial charge in [0, 0.05) is 6.54 Å². The number of urea groups is 1. The van der Waals surface area contributed by atoms with Gasteiger partial charge in [-0.15, -0.1) is 4.28 Å². The first-order valence-electron chi connectivity index (χ1n) is 8.34. The molecule has 13 heteroatoms. The quantitative estimate of drug-likeness (QED) is 0.346. The predicted molar refractivity (Wildman–Crippen MR) is 93.0 cm³/mol. The Morgan fingerprint density at radius 2 is 1.89 bits per heavy atom. The summed E-state index contributed by atoms with van der Waals surface area (Å²) >= 11 is 0. The molecule has 2 aliphatic heterocycles. The van der Waals surface area contributed by atoms with Crippen LogP contribution in [0.4, 0.5) is 4.79 Å². The summed E-state index contributed by atoms with van der Waals surface area (Å²) in [5.41, 5.74) is 10.8. The van der Waals surface area contributed by atoms with Gasteiger partial charge in [-0.2, -0.15) is 13.5 Å². The molecule has 0 aliphatic carbocycles. The summed E-state index contributed by atoms with van der Waals surface area (Å²) in [6.07, 6.45) is 0.488. The minimum Gasteiger partial charge on any atom is -0.316 e. The Labute approximate surface area is 160 Å². The number of fused-ring (bicyclic) bond motifs is 2. The van der Waals surface area contributed by atoms with Crippen molar-refractivity contribution in [1.29, 1.82) is 0 Å². The van der Waals surface area contributed by atoms with E-state index in [1.807, 2.05) is 0 Å². The zero-order valence-corrected chi connectivity index (χ0v) is 15.3. The van der Waals surface area contributed by atoms with E-state index in [-0.39, 0.29) is 19.4 Å². The molecular weight excluding hydrogens is 394 g/mol. The van der Waals surface area contributed by atoms with Crippen molar-refractivity contribution in [3.8, 4) is 0 Å². The fourth-order valence-electron chi connectivity index (χ4n) is 3.20. The van der Waals surface area contributed by atoms with Gasteiger partial charge in [-0.05, 0) is 18.4 Å². The third-order valence-electron chi connectivity index (χ3n) is 4.55. The van der Waals surface area contributed by atoms with E-state index in [0.717, 1.165) is 4.90 Å². The highest BCUT2D eigenvalue weighted by atomic mass is 32.3. The van der Waals surface area contributed by atoms with Crippen LogP contribution in [0.3, 0.4) is 0 Å². The molecule has 152 valence electrons. The second kappa shape index (κ2) is 7.71. The fraction of sp³-hybridized carbons (Fsp3) is 0.400. The van der Waals surface area contributed by atoms with Crippen LogP contribution in [0.2, 0.25) is 0 Å². The van der Waals surface area contributed by atoms with Crippen LogP contribution in [0.25, 0.3) is 0 Å². The van der Waals surface area contributed by atoms with E-state index in [2.05, 4.69) is 15.1 Å². The molecule has 1 unspecified atom stereocenters. The Kier molecular flexibility index (Phi) is 5.51. The van der Waals surface area contributed by atoms with E-state index < -0.39 is 46.4 Å². The fourth-order valence-corrected chi connectivity index (χ4v) is 3.59. The number of benzene rings is 1. The third-order valence-corrected chi connectivity index (χ3v) is 4.90. The van der Waals surface area contributed by atoms with Crippen molar-refractivity contribution >= 4 is 28.2 Å². The van der Waals surface area contributed by atoms with E-state index in [1.54, 1.807) is 30.3 Å². The highest BCUT2D eigenvalue weighted by Crippen LogP contribution is 2.30. The van der Waals surface area contributed by atoms with Gasteiger partial charge < -0.3 is 10.6 Å². The molecule has 2 saturated heterocycles. The Bertz CT molecular complexity index is 878. The van der Waals surface area contributed by atoms with Crippen LogP contribution < -0.4 is 16.6 Å². The second-order valence-electron chi connectivity index (χ2n) is 6.38. The smallest absolute Gasteiger partial charge is 0.316 e. The number of hydroxylamine groups is 2. The van der Waals surface area contributed by atoms with Crippen LogP contribution in [-0.4, -0.2) is 59.4 Å². The molecule has 3 rings (SSSR count). The monoisotopic (exact) mass is 413 g/mol. The molecule has 1 aromatic carbocycles. The molecule has 4 amide bonds. The van der Waals surface area contributed by atoms with Gasteiger partial charge in [0.15, 0.2) is 0 Å². The number of carbonyl (C=O) groups excluding carboxylic acids is 3. The second-order valence-corrected chi connectivity index (χ2v) is 7.38. The van der Waals surface area contributed by atoms with Gasteiger partial charge in [-0.3, -0.25) is 25.0 Å². The number of rotatable bonds is 5. The summed E-state index contributed by atoms with van der Waals surface area (Å²) < 4.78 is 34.8. The van der Waals surface area contributed by atoms with Crippen molar-refractivity contribution < 1.29 is 31.6 Å². The minimum atomic E-state index is -4.87. The average Bonchev–Trinajstić information content (AvgIpc) is 2.89. The van der Waals surface area contributed by atoms with Crippen molar-refractivity contribution in [3.63, 3.8) is 0 Å². The summed E-state index contributed by atoms with van der Waals surface area (Å²) in [5, 5.41) is 0.534. The van der Waals surface area contributed by atoms with Crippen LogP contribution >= 0.6 is 0 Å². The number of carbonyl (C=O) groups is 3. The van der Waals surface area contributed by atoms with Gasteiger partial charge in [0.25, 0.3) is 11.8 Å². The van der Waals surface area contributed by atoms with E-state index in [4.69, 9.17) is 10.3 Å². The van der Waals surface area contributed by atoms with E-state index in [9.17, 15) is 22.8 Å². The molecule has 2 fully saturated rings. The van der Waals surface area contributed by atoms with Gasteiger partial charge in [0.05, 0.1) is 6.04 Å². The highest BCUT2D eigenvalue weighted by Gasteiger charge is 2.49. The van der Waals surface area contributed by atoms with Crippen molar-refractivity contribution in [1.82, 2.24) is 20.8 Å². The number of nitrogens with two attached hydrogens (primary N) is 1. The van der Waals surface area contributed by atoms with Gasteiger partial charge >= 0.3 is 16.4 Å². The maximum Gasteiger partial charge on any atom is 0.418 e. The van der Waals surface area contributed by atoms with Gasteiger partial charge in [0.1, 0.15) is 12.1 Å². The average molecular weight is 413 g/mol. The van der Waals surface area contributed by atoms with E-state index in [0.29, 0.717) is 10.6 Å². The Hall–Kier alpha value is -2.74. The number of piperidine rings is 1.